The number of anilines is 1. The van der Waals surface area contributed by atoms with Crippen molar-refractivity contribution in [3.8, 4) is 0 Å². The molecule has 0 aromatic carbocycles. The zero-order chi connectivity index (χ0) is 14.0. The van der Waals surface area contributed by atoms with Gasteiger partial charge in [-0.3, -0.25) is 14.9 Å². The van der Waals surface area contributed by atoms with Gasteiger partial charge in [0.15, 0.2) is 10.8 Å². The van der Waals surface area contributed by atoms with Gasteiger partial charge in [-0.15, -0.1) is 22.7 Å². The molecule has 0 aliphatic rings. The van der Waals surface area contributed by atoms with Crippen LogP contribution in [0.2, 0.25) is 0 Å². The van der Waals surface area contributed by atoms with Crippen molar-refractivity contribution in [2.24, 2.45) is 0 Å². The monoisotopic (exact) mass is 296 g/mol. The molecule has 0 unspecified atom stereocenters. The van der Waals surface area contributed by atoms with Crippen molar-refractivity contribution >= 4 is 39.1 Å². The van der Waals surface area contributed by atoms with Gasteiger partial charge in [-0.2, -0.15) is 0 Å². The van der Waals surface area contributed by atoms with E-state index in [1.54, 1.807) is 23.3 Å². The van der Waals surface area contributed by atoms with Gasteiger partial charge in [-0.25, -0.2) is 0 Å². The molecule has 2 aromatic heterocycles. The van der Waals surface area contributed by atoms with E-state index in [1.165, 1.54) is 24.3 Å². The summed E-state index contributed by atoms with van der Waals surface area (Å²) in [5.74, 6) is -0.149. The topological polar surface area (TPSA) is 63.4 Å². The highest BCUT2D eigenvalue weighted by Gasteiger charge is 2.23. The molecule has 7 heteroatoms. The van der Waals surface area contributed by atoms with Crippen LogP contribution in [0.1, 0.15) is 21.5 Å². The van der Waals surface area contributed by atoms with Crippen LogP contribution < -0.4 is 4.90 Å². The Morgan fingerprint density at radius 1 is 1.53 bits per heavy atom. The van der Waals surface area contributed by atoms with Gasteiger partial charge in [0.2, 0.25) is 0 Å². The van der Waals surface area contributed by atoms with Gasteiger partial charge in [0.25, 0.3) is 0 Å². The highest BCUT2D eigenvalue weighted by atomic mass is 32.1. The first kappa shape index (κ1) is 13.7. The first-order chi connectivity index (χ1) is 8.99. The molecular formula is C12H12N2O3S2. The van der Waals surface area contributed by atoms with Crippen molar-refractivity contribution < 1.29 is 9.72 Å². The number of carbonyl (C=O) groups is 1. The van der Waals surface area contributed by atoms with E-state index in [9.17, 15) is 14.9 Å². The van der Waals surface area contributed by atoms with Crippen molar-refractivity contribution in [3.63, 3.8) is 0 Å². The Hall–Kier alpha value is -1.73. The Kier molecular flexibility index (Phi) is 3.96. The maximum atomic E-state index is 11.3. The molecule has 0 saturated carbocycles. The van der Waals surface area contributed by atoms with E-state index in [0.717, 1.165) is 4.88 Å². The van der Waals surface area contributed by atoms with Crippen molar-refractivity contribution in [1.82, 2.24) is 0 Å². The summed E-state index contributed by atoms with van der Waals surface area (Å²) in [4.78, 5) is 25.3. The number of carbonyl (C=O) groups excluding carboxylic acids is 1. The molecule has 0 aliphatic heterocycles. The second-order valence-electron chi connectivity index (χ2n) is 4.05. The summed E-state index contributed by atoms with van der Waals surface area (Å²) in [6, 6.07) is 5.28. The van der Waals surface area contributed by atoms with E-state index >= 15 is 0 Å². The number of nitro groups is 1. The van der Waals surface area contributed by atoms with Crippen molar-refractivity contribution in [2.45, 2.75) is 13.5 Å². The number of thiophene rings is 2. The van der Waals surface area contributed by atoms with Gasteiger partial charge in [-0.05, 0) is 18.4 Å². The van der Waals surface area contributed by atoms with E-state index in [-0.39, 0.29) is 11.5 Å². The fraction of sp³-hybridized carbons (Fsp3) is 0.250. The predicted molar refractivity (Wildman–Crippen MR) is 77.4 cm³/mol. The molecule has 5 nitrogen and oxygen atoms in total. The molecule has 19 heavy (non-hydrogen) atoms. The minimum absolute atomic E-state index is 0.00532. The third kappa shape index (κ3) is 2.99. The molecule has 0 aliphatic carbocycles. The van der Waals surface area contributed by atoms with E-state index in [0.29, 0.717) is 16.4 Å². The number of nitrogens with zero attached hydrogens (tertiary/aromatic N) is 2. The van der Waals surface area contributed by atoms with Crippen LogP contribution in [-0.2, 0) is 6.54 Å². The maximum Gasteiger partial charge on any atom is 0.304 e. The quantitative estimate of drug-likeness (QED) is 0.481. The average molecular weight is 296 g/mol. The summed E-state index contributed by atoms with van der Waals surface area (Å²) in [6.45, 7) is 2.01. The number of rotatable bonds is 5. The Balaban J connectivity index is 2.31. The molecule has 2 heterocycles. The fourth-order valence-corrected chi connectivity index (χ4v) is 3.40. The predicted octanol–water partition coefficient (Wildman–Crippen LogP) is 3.56. The summed E-state index contributed by atoms with van der Waals surface area (Å²) in [7, 11) is 1.79. The largest absolute Gasteiger partial charge is 0.356 e. The normalized spacial score (nSPS) is 10.4. The van der Waals surface area contributed by atoms with Gasteiger partial charge in [0, 0.05) is 18.0 Å². The first-order valence-corrected chi connectivity index (χ1v) is 7.21. The molecule has 0 spiro atoms. The van der Waals surface area contributed by atoms with E-state index in [2.05, 4.69) is 0 Å². The van der Waals surface area contributed by atoms with Crippen LogP contribution in [0.25, 0.3) is 0 Å². The van der Waals surface area contributed by atoms with Gasteiger partial charge in [-0.1, -0.05) is 6.07 Å². The number of ketones is 1. The lowest BCUT2D eigenvalue weighted by Gasteiger charge is -2.15. The van der Waals surface area contributed by atoms with Crippen LogP contribution in [0.15, 0.2) is 23.6 Å². The van der Waals surface area contributed by atoms with E-state index < -0.39 is 4.92 Å². The van der Waals surface area contributed by atoms with Crippen LogP contribution in [0.3, 0.4) is 0 Å². The summed E-state index contributed by atoms with van der Waals surface area (Å²) >= 11 is 2.76. The van der Waals surface area contributed by atoms with Crippen molar-refractivity contribution in [1.29, 1.82) is 0 Å². The smallest absolute Gasteiger partial charge is 0.304 e. The highest BCUT2D eigenvalue weighted by Crippen LogP contribution is 2.38. The molecule has 0 radical (unpaired) electrons. The van der Waals surface area contributed by atoms with Crippen LogP contribution in [0.5, 0.6) is 0 Å². The van der Waals surface area contributed by atoms with Crippen molar-refractivity contribution in [2.75, 3.05) is 11.9 Å². The molecule has 0 atom stereocenters. The minimum atomic E-state index is -0.441. The summed E-state index contributed by atoms with van der Waals surface area (Å²) in [5, 5.41) is 13.5. The minimum Gasteiger partial charge on any atom is -0.356 e. The van der Waals surface area contributed by atoms with E-state index in [1.807, 2.05) is 17.5 Å². The van der Waals surface area contributed by atoms with Gasteiger partial charge in [0.05, 0.1) is 16.3 Å². The molecular weight excluding hydrogens is 284 g/mol. The number of hydrogen-bond donors (Lipinski definition) is 0. The zero-order valence-corrected chi connectivity index (χ0v) is 12.1. The molecule has 0 amide bonds. The van der Waals surface area contributed by atoms with Crippen molar-refractivity contribution in [3.05, 3.63) is 43.4 Å². The second kappa shape index (κ2) is 5.50. The third-order valence-corrected chi connectivity index (χ3v) is 4.76. The molecule has 2 rings (SSSR count). The summed E-state index contributed by atoms with van der Waals surface area (Å²) in [6.07, 6.45) is 0. The summed E-state index contributed by atoms with van der Waals surface area (Å²) in [5.41, 5.74) is -0.00532. The fourth-order valence-electron chi connectivity index (χ4n) is 1.66. The Morgan fingerprint density at radius 3 is 2.79 bits per heavy atom. The molecule has 0 bridgehead atoms. The summed E-state index contributed by atoms with van der Waals surface area (Å²) < 4.78 is 0. The first-order valence-electron chi connectivity index (χ1n) is 5.51. The lowest BCUT2D eigenvalue weighted by molar-refractivity contribution is -0.383. The van der Waals surface area contributed by atoms with E-state index in [4.69, 9.17) is 0 Å². The van der Waals surface area contributed by atoms with Gasteiger partial charge >= 0.3 is 5.69 Å². The zero-order valence-electron chi connectivity index (χ0n) is 10.5. The number of Topliss-reactive ketones (excluding diaryl/α,β-unsaturated/α-hetero) is 1. The van der Waals surface area contributed by atoms with Crippen LogP contribution in [0.4, 0.5) is 10.7 Å². The molecule has 2 aromatic rings. The molecule has 100 valence electrons. The second-order valence-corrected chi connectivity index (χ2v) is 6.11. The molecule has 0 fully saturated rings. The SMILES string of the molecule is CC(=O)c1cc([N+](=O)[O-])c(N(C)Cc2cccs2)s1. The Bertz CT molecular complexity index is 605. The Labute approximate surface area is 118 Å². The lowest BCUT2D eigenvalue weighted by atomic mass is 10.3. The Morgan fingerprint density at radius 2 is 2.26 bits per heavy atom. The van der Waals surface area contributed by atoms with Crippen LogP contribution in [-0.4, -0.2) is 17.8 Å². The maximum absolute atomic E-state index is 11.3. The number of hydrogen-bond acceptors (Lipinski definition) is 6. The third-order valence-electron chi connectivity index (χ3n) is 2.56. The van der Waals surface area contributed by atoms with Crippen LogP contribution >= 0.6 is 22.7 Å². The highest BCUT2D eigenvalue weighted by molar-refractivity contribution is 7.18. The molecule has 0 saturated heterocycles. The van der Waals surface area contributed by atoms with Gasteiger partial charge < -0.3 is 4.90 Å². The lowest BCUT2D eigenvalue weighted by Crippen LogP contribution is -2.15. The standard InChI is InChI=1S/C12H12N2O3S2/c1-8(15)11-6-10(14(16)17)12(19-11)13(2)7-9-4-3-5-18-9/h3-6H,7H2,1-2H3. The van der Waals surface area contributed by atoms with Gasteiger partial charge in [0.1, 0.15) is 0 Å². The average Bonchev–Trinajstić information content (AvgIpc) is 2.96. The molecule has 0 N–H and O–H groups in total. The van der Waals surface area contributed by atoms with Crippen LogP contribution in [0, 0.1) is 10.1 Å².